The molecule has 1 aliphatic rings. The maximum absolute atomic E-state index is 12.6. The Labute approximate surface area is 173 Å². The molecule has 0 heterocycles. The smallest absolute Gasteiger partial charge is 0.338 e. The zero-order valence-corrected chi connectivity index (χ0v) is 16.8. The summed E-state index contributed by atoms with van der Waals surface area (Å²) in [7, 11) is 2.78. The van der Waals surface area contributed by atoms with Crippen molar-refractivity contribution >= 4 is 11.9 Å². The number of esters is 2. The predicted octanol–water partition coefficient (Wildman–Crippen LogP) is 3.44. The largest absolute Gasteiger partial charge is 0.504 e. The van der Waals surface area contributed by atoms with E-state index in [0.29, 0.717) is 12.8 Å². The fourth-order valence-corrected chi connectivity index (χ4v) is 3.35. The molecule has 0 radical (unpaired) electrons. The first-order valence-corrected chi connectivity index (χ1v) is 9.59. The van der Waals surface area contributed by atoms with Gasteiger partial charge in [-0.25, -0.2) is 9.59 Å². The number of phenols is 2. The van der Waals surface area contributed by atoms with Gasteiger partial charge in [-0.05, 0) is 62.1 Å². The molecule has 2 atom stereocenters. The molecule has 0 bridgehead atoms. The highest BCUT2D eigenvalue weighted by molar-refractivity contribution is 5.91. The van der Waals surface area contributed by atoms with Gasteiger partial charge in [-0.1, -0.05) is 0 Å². The van der Waals surface area contributed by atoms with E-state index in [1.165, 1.54) is 50.6 Å². The van der Waals surface area contributed by atoms with Crippen molar-refractivity contribution in [2.24, 2.45) is 0 Å². The van der Waals surface area contributed by atoms with Crippen LogP contribution in [0.5, 0.6) is 23.0 Å². The fourth-order valence-electron chi connectivity index (χ4n) is 3.35. The van der Waals surface area contributed by atoms with Crippen LogP contribution < -0.4 is 9.47 Å². The number of aromatic hydroxyl groups is 2. The fraction of sp³-hybridized carbons (Fsp3) is 0.364. The third-order valence-corrected chi connectivity index (χ3v) is 4.99. The molecule has 2 N–H and O–H groups in total. The summed E-state index contributed by atoms with van der Waals surface area (Å²) in [5.41, 5.74) is 0.451. The molecule has 0 spiro atoms. The summed E-state index contributed by atoms with van der Waals surface area (Å²) in [5, 5.41) is 19.4. The standard InChI is InChI=1S/C22H24O8/c1-27-19-11-13(7-9-15(19)23)21(25)29-17-5-3-4-6-18(17)30-22(26)14-8-10-16(24)20(12-14)28-2/h7-12,17-18,23-24H,3-6H2,1-2H3/t17-,18+. The zero-order chi connectivity index (χ0) is 21.7. The van der Waals surface area contributed by atoms with Crippen molar-refractivity contribution in [3.8, 4) is 23.0 Å². The maximum Gasteiger partial charge on any atom is 0.338 e. The number of benzene rings is 2. The predicted molar refractivity (Wildman–Crippen MR) is 106 cm³/mol. The second kappa shape index (κ2) is 9.39. The van der Waals surface area contributed by atoms with Crippen molar-refractivity contribution in [3.63, 3.8) is 0 Å². The highest BCUT2D eigenvalue weighted by Gasteiger charge is 2.32. The quantitative estimate of drug-likeness (QED) is 0.689. The normalized spacial score (nSPS) is 18.3. The Morgan fingerprint density at radius 1 is 0.767 bits per heavy atom. The molecule has 1 saturated carbocycles. The van der Waals surface area contributed by atoms with Crippen LogP contribution in [-0.4, -0.2) is 48.6 Å². The Morgan fingerprint density at radius 3 is 1.53 bits per heavy atom. The minimum atomic E-state index is -0.590. The lowest BCUT2D eigenvalue weighted by molar-refractivity contribution is -0.0514. The second-order valence-electron chi connectivity index (χ2n) is 6.95. The van der Waals surface area contributed by atoms with Crippen LogP contribution in [0.15, 0.2) is 36.4 Å². The number of ether oxygens (including phenoxy) is 4. The van der Waals surface area contributed by atoms with E-state index >= 15 is 0 Å². The molecule has 3 rings (SSSR count). The lowest BCUT2D eigenvalue weighted by atomic mass is 9.94. The summed E-state index contributed by atoms with van der Waals surface area (Å²) >= 11 is 0. The van der Waals surface area contributed by atoms with E-state index in [1.807, 2.05) is 0 Å². The summed E-state index contributed by atoms with van der Waals surface area (Å²) in [6, 6.07) is 8.37. The molecule has 160 valence electrons. The summed E-state index contributed by atoms with van der Waals surface area (Å²) in [4.78, 5) is 25.1. The van der Waals surface area contributed by atoms with Crippen molar-refractivity contribution in [1.82, 2.24) is 0 Å². The van der Waals surface area contributed by atoms with Gasteiger partial charge in [0.1, 0.15) is 12.2 Å². The Morgan fingerprint density at radius 2 is 1.17 bits per heavy atom. The van der Waals surface area contributed by atoms with Crippen LogP contribution in [0.4, 0.5) is 0 Å². The van der Waals surface area contributed by atoms with E-state index in [-0.39, 0.29) is 34.1 Å². The molecule has 8 heteroatoms. The zero-order valence-electron chi connectivity index (χ0n) is 16.8. The van der Waals surface area contributed by atoms with E-state index in [2.05, 4.69) is 0 Å². The molecule has 2 aromatic carbocycles. The first-order valence-electron chi connectivity index (χ1n) is 9.59. The number of carbonyl (C=O) groups is 2. The van der Waals surface area contributed by atoms with Gasteiger partial charge in [0.2, 0.25) is 0 Å². The van der Waals surface area contributed by atoms with Gasteiger partial charge in [-0.15, -0.1) is 0 Å². The van der Waals surface area contributed by atoms with Crippen molar-refractivity contribution in [3.05, 3.63) is 47.5 Å². The van der Waals surface area contributed by atoms with Gasteiger partial charge >= 0.3 is 11.9 Å². The van der Waals surface area contributed by atoms with E-state index < -0.39 is 24.1 Å². The van der Waals surface area contributed by atoms with Gasteiger partial charge in [-0.3, -0.25) is 0 Å². The Balaban J connectivity index is 1.70. The van der Waals surface area contributed by atoms with Crippen LogP contribution >= 0.6 is 0 Å². The van der Waals surface area contributed by atoms with Crippen LogP contribution in [-0.2, 0) is 9.47 Å². The monoisotopic (exact) mass is 416 g/mol. The first kappa shape index (κ1) is 21.3. The van der Waals surface area contributed by atoms with Crippen LogP contribution in [0.25, 0.3) is 0 Å². The molecule has 0 aromatic heterocycles. The Bertz CT molecular complexity index is 848. The molecule has 2 aromatic rings. The van der Waals surface area contributed by atoms with Gasteiger partial charge in [0.05, 0.1) is 25.3 Å². The summed E-state index contributed by atoms with van der Waals surface area (Å²) < 4.78 is 21.3. The van der Waals surface area contributed by atoms with Gasteiger partial charge < -0.3 is 29.2 Å². The molecular formula is C22H24O8. The average Bonchev–Trinajstić information content (AvgIpc) is 2.75. The SMILES string of the molecule is COc1cc(C(=O)O[C@H]2CCCC[C@H]2OC(=O)c2ccc(O)c(OC)c2)ccc1O. The number of methoxy groups -OCH3 is 2. The highest BCUT2D eigenvalue weighted by Crippen LogP contribution is 2.30. The van der Waals surface area contributed by atoms with Crippen molar-refractivity contribution < 1.29 is 38.7 Å². The molecule has 8 nitrogen and oxygen atoms in total. The second-order valence-corrected chi connectivity index (χ2v) is 6.95. The summed E-state index contributed by atoms with van der Waals surface area (Å²) in [6.07, 6.45) is 1.65. The minimum Gasteiger partial charge on any atom is -0.504 e. The van der Waals surface area contributed by atoms with E-state index in [9.17, 15) is 19.8 Å². The number of rotatable bonds is 6. The highest BCUT2D eigenvalue weighted by atomic mass is 16.6. The van der Waals surface area contributed by atoms with Crippen LogP contribution in [0.3, 0.4) is 0 Å². The third kappa shape index (κ3) is 4.76. The van der Waals surface area contributed by atoms with Gasteiger partial charge in [0, 0.05) is 0 Å². The average molecular weight is 416 g/mol. The van der Waals surface area contributed by atoms with E-state index in [1.54, 1.807) is 0 Å². The molecule has 30 heavy (non-hydrogen) atoms. The van der Waals surface area contributed by atoms with Gasteiger partial charge in [0.15, 0.2) is 23.0 Å². The molecule has 1 fully saturated rings. The van der Waals surface area contributed by atoms with Crippen molar-refractivity contribution in [1.29, 1.82) is 0 Å². The summed E-state index contributed by atoms with van der Waals surface area (Å²) in [6.45, 7) is 0. The minimum absolute atomic E-state index is 0.0807. The Kier molecular flexibility index (Phi) is 6.66. The number of hydrogen-bond donors (Lipinski definition) is 2. The van der Waals surface area contributed by atoms with Crippen molar-refractivity contribution in [2.45, 2.75) is 37.9 Å². The molecular weight excluding hydrogens is 392 g/mol. The van der Waals surface area contributed by atoms with Crippen LogP contribution in [0, 0.1) is 0 Å². The lowest BCUT2D eigenvalue weighted by Crippen LogP contribution is -2.37. The molecule has 0 unspecified atom stereocenters. The maximum atomic E-state index is 12.6. The van der Waals surface area contributed by atoms with Crippen molar-refractivity contribution in [2.75, 3.05) is 14.2 Å². The van der Waals surface area contributed by atoms with E-state index in [4.69, 9.17) is 18.9 Å². The molecule has 1 aliphatic carbocycles. The first-order chi connectivity index (χ1) is 14.4. The number of carbonyl (C=O) groups excluding carboxylic acids is 2. The van der Waals surface area contributed by atoms with Gasteiger partial charge in [0.25, 0.3) is 0 Å². The topological polar surface area (TPSA) is 112 Å². The summed E-state index contributed by atoms with van der Waals surface area (Å²) in [5.74, 6) is -1.01. The number of hydrogen-bond acceptors (Lipinski definition) is 8. The molecule has 0 amide bonds. The van der Waals surface area contributed by atoms with E-state index in [0.717, 1.165) is 12.8 Å². The molecule has 0 saturated heterocycles. The van der Waals surface area contributed by atoms with Crippen LogP contribution in [0.1, 0.15) is 46.4 Å². The lowest BCUT2D eigenvalue weighted by Gasteiger charge is -2.30. The van der Waals surface area contributed by atoms with Crippen LogP contribution in [0.2, 0.25) is 0 Å². The van der Waals surface area contributed by atoms with Gasteiger partial charge in [-0.2, -0.15) is 0 Å². The molecule has 0 aliphatic heterocycles. The number of phenolic OH excluding ortho intramolecular Hbond substituents is 2. The third-order valence-electron chi connectivity index (χ3n) is 4.99. The Hall–Kier alpha value is -3.42.